The minimum absolute atomic E-state index is 1.37. The summed E-state index contributed by atoms with van der Waals surface area (Å²) in [5, 5.41) is 0. The molecule has 0 saturated carbocycles. The van der Waals surface area contributed by atoms with Gasteiger partial charge in [0.05, 0.1) is 13.1 Å². The van der Waals surface area contributed by atoms with Gasteiger partial charge in [-0.25, -0.2) is 0 Å². The van der Waals surface area contributed by atoms with E-state index in [2.05, 4.69) is 13.8 Å². The van der Waals surface area contributed by atoms with Gasteiger partial charge in [0.1, 0.15) is 39.3 Å². The second-order valence-electron chi connectivity index (χ2n) is 9.71. The van der Waals surface area contributed by atoms with E-state index in [0.717, 1.165) is 0 Å². The topological polar surface area (TPSA) is 0 Å². The molecule has 154 valence electrons. The first-order valence-corrected chi connectivity index (χ1v) is 12.4. The van der Waals surface area contributed by atoms with Crippen molar-refractivity contribution in [2.45, 2.75) is 104 Å². The van der Waals surface area contributed by atoms with E-state index < -0.39 is 0 Å². The van der Waals surface area contributed by atoms with E-state index >= 15 is 0 Å². The van der Waals surface area contributed by atoms with Crippen molar-refractivity contribution in [2.75, 3.05) is 52.4 Å². The largest absolute Gasteiger partial charge is 0.310 e. The molecule has 3 aliphatic heterocycles. The lowest BCUT2D eigenvalue weighted by molar-refractivity contribution is -1.08. The Morgan fingerprint density at radius 1 is 0.385 bits per heavy atom. The van der Waals surface area contributed by atoms with Crippen molar-refractivity contribution in [3.05, 3.63) is 0 Å². The molecule has 0 atom stereocenters. The Morgan fingerprint density at radius 2 is 0.654 bits per heavy atom. The van der Waals surface area contributed by atoms with E-state index in [-0.39, 0.29) is 0 Å². The molecule has 0 amide bonds. The summed E-state index contributed by atoms with van der Waals surface area (Å²) in [6.45, 7) is 16.6. The fourth-order valence-corrected chi connectivity index (χ4v) is 5.42. The molecular weight excluding hydrogens is 316 g/mol. The molecule has 0 aromatic heterocycles. The first-order chi connectivity index (χ1) is 12.7. The van der Waals surface area contributed by atoms with Gasteiger partial charge < -0.3 is 8.97 Å². The van der Waals surface area contributed by atoms with Crippen LogP contribution < -0.4 is 0 Å². The highest BCUT2D eigenvalue weighted by molar-refractivity contribution is 4.63. The van der Waals surface area contributed by atoms with Crippen LogP contribution in [-0.4, -0.2) is 61.3 Å². The van der Waals surface area contributed by atoms with Crippen molar-refractivity contribution in [1.82, 2.24) is 0 Å². The van der Waals surface area contributed by atoms with Gasteiger partial charge in [-0.15, -0.1) is 0 Å². The molecule has 0 radical (unpaired) electrons. The average molecular weight is 367 g/mol. The summed E-state index contributed by atoms with van der Waals surface area (Å²) in [6, 6.07) is 0. The first kappa shape index (κ1) is 22.2. The van der Waals surface area contributed by atoms with E-state index in [1.807, 2.05) is 0 Å². The first-order valence-electron chi connectivity index (χ1n) is 12.4. The standard InChI is InChI=1S/C24H50N2/c1-3-5-7-9-11-13-15-17-25-19-22-26(23-20-25,24-21-25)18-16-14-12-10-8-6-4-2/h3-24H2,1-2H3/q+2. The molecule has 3 saturated heterocycles. The molecule has 2 nitrogen and oxygen atoms in total. The van der Waals surface area contributed by atoms with Gasteiger partial charge in [-0.2, -0.15) is 0 Å². The van der Waals surface area contributed by atoms with Crippen LogP contribution in [0, 0.1) is 0 Å². The maximum absolute atomic E-state index is 2.31. The van der Waals surface area contributed by atoms with E-state index in [1.165, 1.54) is 151 Å². The smallest absolute Gasteiger partial charge is 0.129 e. The number of unbranched alkanes of at least 4 members (excludes halogenated alkanes) is 12. The van der Waals surface area contributed by atoms with Crippen molar-refractivity contribution in [3.8, 4) is 0 Å². The van der Waals surface area contributed by atoms with Crippen LogP contribution in [0.15, 0.2) is 0 Å². The number of piperazine rings is 3. The van der Waals surface area contributed by atoms with Gasteiger partial charge in [0.25, 0.3) is 0 Å². The van der Waals surface area contributed by atoms with Gasteiger partial charge in [0.15, 0.2) is 0 Å². The van der Waals surface area contributed by atoms with Crippen LogP contribution in [-0.2, 0) is 0 Å². The summed E-state index contributed by atoms with van der Waals surface area (Å²) in [5.74, 6) is 0. The fourth-order valence-electron chi connectivity index (χ4n) is 5.42. The van der Waals surface area contributed by atoms with Crippen molar-refractivity contribution in [2.24, 2.45) is 0 Å². The molecule has 3 rings (SSSR count). The summed E-state index contributed by atoms with van der Waals surface area (Å²) in [4.78, 5) is 0. The number of rotatable bonds is 16. The average Bonchev–Trinajstić information content (AvgIpc) is 2.68. The summed E-state index contributed by atoms with van der Waals surface area (Å²) < 4.78 is 2.98. The lowest BCUT2D eigenvalue weighted by Crippen LogP contribution is -2.75. The Kier molecular flexibility index (Phi) is 10.6. The molecule has 0 unspecified atom stereocenters. The van der Waals surface area contributed by atoms with Crippen molar-refractivity contribution in [1.29, 1.82) is 0 Å². The van der Waals surface area contributed by atoms with Crippen molar-refractivity contribution < 1.29 is 8.97 Å². The molecule has 0 aliphatic carbocycles. The Morgan fingerprint density at radius 3 is 0.962 bits per heavy atom. The Bertz CT molecular complexity index is 294. The molecule has 0 aromatic carbocycles. The van der Waals surface area contributed by atoms with Gasteiger partial charge in [-0.1, -0.05) is 78.1 Å². The van der Waals surface area contributed by atoms with Crippen molar-refractivity contribution in [3.63, 3.8) is 0 Å². The zero-order chi connectivity index (χ0) is 18.6. The zero-order valence-electron chi connectivity index (χ0n) is 18.5. The number of hydrogen-bond acceptors (Lipinski definition) is 0. The van der Waals surface area contributed by atoms with Crippen LogP contribution in [0.2, 0.25) is 0 Å². The van der Waals surface area contributed by atoms with Gasteiger partial charge in [0.2, 0.25) is 0 Å². The zero-order valence-corrected chi connectivity index (χ0v) is 18.5. The third-order valence-corrected chi connectivity index (χ3v) is 7.62. The second-order valence-corrected chi connectivity index (χ2v) is 9.71. The van der Waals surface area contributed by atoms with Crippen LogP contribution in [0.5, 0.6) is 0 Å². The van der Waals surface area contributed by atoms with Crippen LogP contribution in [0.4, 0.5) is 0 Å². The molecule has 26 heavy (non-hydrogen) atoms. The predicted octanol–water partition coefficient (Wildman–Crippen LogP) is 6.15. The van der Waals surface area contributed by atoms with Gasteiger partial charge in [0, 0.05) is 0 Å². The van der Waals surface area contributed by atoms with Crippen LogP contribution in [0.1, 0.15) is 104 Å². The quantitative estimate of drug-likeness (QED) is 0.227. The molecule has 0 aromatic rings. The molecular formula is C24H50N2+2. The number of quaternary nitrogens is 2. The highest BCUT2D eigenvalue weighted by Crippen LogP contribution is 2.28. The normalized spacial score (nSPS) is 27.9. The van der Waals surface area contributed by atoms with E-state index in [9.17, 15) is 0 Å². The molecule has 3 fully saturated rings. The van der Waals surface area contributed by atoms with Gasteiger partial charge in [-0.3, -0.25) is 0 Å². The lowest BCUT2D eigenvalue weighted by Gasteiger charge is -2.55. The summed E-state index contributed by atoms with van der Waals surface area (Å²) in [6.07, 6.45) is 20.5. The van der Waals surface area contributed by atoms with E-state index in [0.29, 0.717) is 0 Å². The minimum atomic E-state index is 1.37. The highest BCUT2D eigenvalue weighted by atomic mass is 15.5. The molecule has 0 spiro atoms. The van der Waals surface area contributed by atoms with E-state index in [4.69, 9.17) is 0 Å². The van der Waals surface area contributed by atoms with Gasteiger partial charge in [-0.05, 0) is 25.7 Å². The number of nitrogens with zero attached hydrogens (tertiary/aromatic N) is 2. The second kappa shape index (κ2) is 12.4. The Hall–Kier alpha value is -0.0800. The molecule has 3 heterocycles. The van der Waals surface area contributed by atoms with Crippen LogP contribution in [0.3, 0.4) is 0 Å². The summed E-state index contributed by atoms with van der Waals surface area (Å²) >= 11 is 0. The number of hydrogen-bond donors (Lipinski definition) is 0. The lowest BCUT2D eigenvalue weighted by atomic mass is 10.0. The fraction of sp³-hybridized carbons (Fsp3) is 1.00. The minimum Gasteiger partial charge on any atom is -0.310 e. The monoisotopic (exact) mass is 366 g/mol. The maximum atomic E-state index is 2.31. The maximum Gasteiger partial charge on any atom is 0.129 e. The summed E-state index contributed by atoms with van der Waals surface area (Å²) in [5.41, 5.74) is 0. The van der Waals surface area contributed by atoms with E-state index in [1.54, 1.807) is 0 Å². The third-order valence-electron chi connectivity index (χ3n) is 7.62. The molecule has 2 bridgehead atoms. The SMILES string of the molecule is CCCCCCCCC[N+]12CC[N+](CCCCCCCCC)(CC1)CC2. The predicted molar refractivity (Wildman–Crippen MR) is 115 cm³/mol. The molecule has 0 N–H and O–H groups in total. The number of fused-ring (bicyclic) bond motifs is 3. The highest BCUT2D eigenvalue weighted by Gasteiger charge is 2.47. The van der Waals surface area contributed by atoms with Crippen molar-refractivity contribution >= 4 is 0 Å². The Balaban J connectivity index is 1.53. The van der Waals surface area contributed by atoms with Gasteiger partial charge >= 0.3 is 0 Å². The molecule has 3 aliphatic rings. The Labute approximate surface area is 165 Å². The molecule has 2 heteroatoms. The van der Waals surface area contributed by atoms with Crippen LogP contribution in [0.25, 0.3) is 0 Å². The third kappa shape index (κ3) is 7.50. The van der Waals surface area contributed by atoms with Crippen LogP contribution >= 0.6 is 0 Å². The summed E-state index contributed by atoms with van der Waals surface area (Å²) in [7, 11) is 0.